The Morgan fingerprint density at radius 3 is 2.62 bits per heavy atom. The van der Waals surface area contributed by atoms with E-state index in [0.29, 0.717) is 0 Å². The Hall–Kier alpha value is -2.82. The summed E-state index contributed by atoms with van der Waals surface area (Å²) in [5.41, 5.74) is 4.01. The molecule has 2 N–H and O–H groups in total. The third-order valence-corrected chi connectivity index (χ3v) is 6.70. The third kappa shape index (κ3) is 3.50. The molecule has 5 rings (SSSR count). The van der Waals surface area contributed by atoms with Crippen LogP contribution in [0.2, 0.25) is 0 Å². The van der Waals surface area contributed by atoms with E-state index in [4.69, 9.17) is 0 Å². The quantitative estimate of drug-likeness (QED) is 0.410. The van der Waals surface area contributed by atoms with E-state index < -0.39 is 6.04 Å². The number of hydrogen-bond acceptors (Lipinski definition) is 3. The second-order valence-corrected chi connectivity index (χ2v) is 8.49. The van der Waals surface area contributed by atoms with Crippen LogP contribution in [0, 0.1) is 0 Å². The number of carbonyl (C=O) groups is 1. The first kappa shape index (κ1) is 18.2. The van der Waals surface area contributed by atoms with Crippen molar-refractivity contribution >= 4 is 28.4 Å². The number of aromatic amines is 1. The van der Waals surface area contributed by atoms with Gasteiger partial charge < -0.3 is 4.98 Å². The standard InChI is InChI=1S/C25H22N2OS/c28-25(20-16-26-21-12-6-4-10-18(20)21)24(17-8-2-1-3-9-17)27-22-14-15-29-23-13-7-5-11-19(22)23/h1-13,16,22,24,26-27H,14-15H2. The maximum atomic E-state index is 13.7. The van der Waals surface area contributed by atoms with Crippen molar-refractivity contribution in [1.82, 2.24) is 10.3 Å². The van der Waals surface area contributed by atoms with Crippen molar-refractivity contribution in [2.24, 2.45) is 0 Å². The molecule has 0 bridgehead atoms. The lowest BCUT2D eigenvalue weighted by Crippen LogP contribution is -2.33. The van der Waals surface area contributed by atoms with E-state index in [9.17, 15) is 4.79 Å². The molecule has 144 valence electrons. The Labute approximate surface area is 174 Å². The largest absolute Gasteiger partial charge is 0.360 e. The molecule has 0 radical (unpaired) electrons. The molecule has 0 saturated heterocycles. The first-order valence-electron chi connectivity index (χ1n) is 9.94. The van der Waals surface area contributed by atoms with Gasteiger partial charge in [-0.1, -0.05) is 66.7 Å². The van der Waals surface area contributed by atoms with Crippen LogP contribution < -0.4 is 5.32 Å². The predicted octanol–water partition coefficient (Wildman–Crippen LogP) is 5.92. The number of fused-ring (bicyclic) bond motifs is 2. The first-order chi connectivity index (χ1) is 14.3. The van der Waals surface area contributed by atoms with Gasteiger partial charge in [-0.05, 0) is 35.4 Å². The van der Waals surface area contributed by atoms with E-state index in [-0.39, 0.29) is 11.8 Å². The van der Waals surface area contributed by atoms with Crippen LogP contribution in [0.15, 0.2) is 90.0 Å². The zero-order valence-corrected chi connectivity index (χ0v) is 16.8. The summed E-state index contributed by atoms with van der Waals surface area (Å²) in [5, 5.41) is 4.68. The molecule has 3 nitrogen and oxygen atoms in total. The lowest BCUT2D eigenvalue weighted by Gasteiger charge is -2.30. The number of H-pyrrole nitrogens is 1. The average Bonchev–Trinajstić information content (AvgIpc) is 3.22. The molecule has 0 saturated carbocycles. The third-order valence-electron chi connectivity index (χ3n) is 5.58. The van der Waals surface area contributed by atoms with E-state index in [1.165, 1.54) is 10.5 Å². The van der Waals surface area contributed by atoms with Gasteiger partial charge in [0.1, 0.15) is 0 Å². The Kier molecular flexibility index (Phi) is 4.96. The Morgan fingerprint density at radius 2 is 1.72 bits per heavy atom. The lowest BCUT2D eigenvalue weighted by atomic mass is 9.94. The first-order valence-corrected chi connectivity index (χ1v) is 10.9. The van der Waals surface area contributed by atoms with Gasteiger partial charge in [-0.2, -0.15) is 0 Å². The molecule has 29 heavy (non-hydrogen) atoms. The fourth-order valence-corrected chi connectivity index (χ4v) is 5.24. The number of nitrogens with one attached hydrogen (secondary N) is 2. The van der Waals surface area contributed by atoms with Crippen LogP contribution in [0.1, 0.15) is 40.0 Å². The van der Waals surface area contributed by atoms with E-state index >= 15 is 0 Å². The second-order valence-electron chi connectivity index (χ2n) is 7.35. The number of para-hydroxylation sites is 1. The van der Waals surface area contributed by atoms with E-state index in [0.717, 1.165) is 34.2 Å². The number of ketones is 1. The fourth-order valence-electron chi connectivity index (χ4n) is 4.12. The normalized spacial score (nSPS) is 17.0. The van der Waals surface area contributed by atoms with E-state index in [1.54, 1.807) is 0 Å². The van der Waals surface area contributed by atoms with Crippen molar-refractivity contribution in [3.63, 3.8) is 0 Å². The minimum Gasteiger partial charge on any atom is -0.360 e. The van der Waals surface area contributed by atoms with Crippen molar-refractivity contribution in [3.05, 3.63) is 102 Å². The molecule has 0 amide bonds. The molecule has 0 fully saturated rings. The fraction of sp³-hybridized carbons (Fsp3) is 0.160. The molecule has 1 aliphatic heterocycles. The highest BCUT2D eigenvalue weighted by Crippen LogP contribution is 2.37. The van der Waals surface area contributed by atoms with Crippen molar-refractivity contribution in [3.8, 4) is 0 Å². The molecule has 0 aliphatic carbocycles. The van der Waals surface area contributed by atoms with Crippen LogP contribution in [-0.2, 0) is 0 Å². The van der Waals surface area contributed by atoms with E-state index in [1.807, 2.05) is 72.6 Å². The van der Waals surface area contributed by atoms with Crippen LogP contribution in [0.5, 0.6) is 0 Å². The van der Waals surface area contributed by atoms with Gasteiger partial charge in [0.05, 0.1) is 6.04 Å². The number of aromatic nitrogens is 1. The zero-order valence-electron chi connectivity index (χ0n) is 16.0. The highest BCUT2D eigenvalue weighted by molar-refractivity contribution is 7.99. The summed E-state index contributed by atoms with van der Waals surface area (Å²) < 4.78 is 0. The Balaban J connectivity index is 1.54. The number of benzene rings is 3. The molecule has 1 aliphatic rings. The summed E-state index contributed by atoms with van der Waals surface area (Å²) in [6, 6.07) is 26.3. The average molecular weight is 399 g/mol. The number of Topliss-reactive ketones (excluding diaryl/α,β-unsaturated/α-hetero) is 1. The van der Waals surface area contributed by atoms with Crippen molar-refractivity contribution in [1.29, 1.82) is 0 Å². The molecule has 3 aromatic carbocycles. The minimum atomic E-state index is -0.392. The Bertz CT molecular complexity index is 1150. The van der Waals surface area contributed by atoms with Gasteiger partial charge in [0.25, 0.3) is 0 Å². The van der Waals surface area contributed by atoms with Gasteiger partial charge >= 0.3 is 0 Å². The number of rotatable bonds is 5. The summed E-state index contributed by atoms with van der Waals surface area (Å²) >= 11 is 1.89. The molecule has 4 aromatic rings. The Morgan fingerprint density at radius 1 is 0.966 bits per heavy atom. The summed E-state index contributed by atoms with van der Waals surface area (Å²) in [4.78, 5) is 18.3. The molecular weight excluding hydrogens is 376 g/mol. The SMILES string of the molecule is O=C(c1c[nH]c2ccccc12)C(NC1CCSc2ccccc21)c1ccccc1. The monoisotopic (exact) mass is 398 g/mol. The van der Waals surface area contributed by atoms with Crippen molar-refractivity contribution in [2.75, 3.05) is 5.75 Å². The zero-order chi connectivity index (χ0) is 19.6. The van der Waals surface area contributed by atoms with Crippen LogP contribution in [0.25, 0.3) is 10.9 Å². The summed E-state index contributed by atoms with van der Waals surface area (Å²) in [5.74, 6) is 1.15. The minimum absolute atomic E-state index is 0.101. The highest BCUT2D eigenvalue weighted by atomic mass is 32.2. The molecular formula is C25H22N2OS. The van der Waals surface area contributed by atoms with Crippen molar-refractivity contribution < 1.29 is 4.79 Å². The lowest BCUT2D eigenvalue weighted by molar-refractivity contribution is 0.0936. The van der Waals surface area contributed by atoms with Gasteiger partial charge in [-0.25, -0.2) is 0 Å². The van der Waals surface area contributed by atoms with E-state index in [2.05, 4.69) is 34.6 Å². The van der Waals surface area contributed by atoms with Crippen LogP contribution in [0.3, 0.4) is 0 Å². The van der Waals surface area contributed by atoms with Gasteiger partial charge in [0.15, 0.2) is 5.78 Å². The van der Waals surface area contributed by atoms with Gasteiger partial charge in [-0.3, -0.25) is 10.1 Å². The van der Waals surface area contributed by atoms with Crippen LogP contribution >= 0.6 is 11.8 Å². The van der Waals surface area contributed by atoms with Crippen molar-refractivity contribution in [2.45, 2.75) is 23.4 Å². The molecule has 1 aromatic heterocycles. The smallest absolute Gasteiger partial charge is 0.186 e. The molecule has 2 unspecified atom stereocenters. The number of thioether (sulfide) groups is 1. The van der Waals surface area contributed by atoms with Crippen LogP contribution in [0.4, 0.5) is 0 Å². The summed E-state index contributed by atoms with van der Waals surface area (Å²) in [6.45, 7) is 0. The highest BCUT2D eigenvalue weighted by Gasteiger charge is 2.29. The summed E-state index contributed by atoms with van der Waals surface area (Å²) in [7, 11) is 0. The van der Waals surface area contributed by atoms with Gasteiger partial charge in [-0.15, -0.1) is 11.8 Å². The molecule has 2 heterocycles. The topological polar surface area (TPSA) is 44.9 Å². The maximum absolute atomic E-state index is 13.7. The number of hydrogen-bond donors (Lipinski definition) is 2. The second kappa shape index (κ2) is 7.90. The van der Waals surface area contributed by atoms with Gasteiger partial charge in [0.2, 0.25) is 0 Å². The van der Waals surface area contributed by atoms with Crippen LogP contribution in [-0.4, -0.2) is 16.5 Å². The number of carbonyl (C=O) groups excluding carboxylic acids is 1. The molecule has 2 atom stereocenters. The summed E-state index contributed by atoms with van der Waals surface area (Å²) in [6.07, 6.45) is 2.85. The van der Waals surface area contributed by atoms with Gasteiger partial charge in [0, 0.05) is 33.6 Å². The molecule has 0 spiro atoms. The maximum Gasteiger partial charge on any atom is 0.186 e. The predicted molar refractivity (Wildman–Crippen MR) is 119 cm³/mol. The molecule has 4 heteroatoms.